The van der Waals surface area contributed by atoms with Crippen molar-refractivity contribution in [3.05, 3.63) is 41.7 Å². The lowest BCUT2D eigenvalue weighted by Crippen LogP contribution is -2.36. The number of phenolic OH excluding ortho intramolecular Hbond substituents is 1. The normalized spacial score (nSPS) is 20.2. The van der Waals surface area contributed by atoms with Crippen molar-refractivity contribution in [3.8, 4) is 17.0 Å². The molecule has 2 atom stereocenters. The number of nitrogens with one attached hydrogen (secondary N) is 1. The number of aliphatic hydroxyl groups is 1. The van der Waals surface area contributed by atoms with Gasteiger partial charge in [0.2, 0.25) is 0 Å². The predicted octanol–water partition coefficient (Wildman–Crippen LogP) is 3.77. The van der Waals surface area contributed by atoms with Gasteiger partial charge in [0, 0.05) is 33.8 Å². The van der Waals surface area contributed by atoms with Gasteiger partial charge in [-0.05, 0) is 37.1 Å². The molecule has 0 aliphatic heterocycles. The number of hydrogen-bond acceptors (Lipinski definition) is 6. The van der Waals surface area contributed by atoms with Crippen LogP contribution < -0.4 is 5.32 Å². The number of halogens is 1. The molecule has 3 N–H and O–H groups in total. The minimum atomic E-state index is -0.391. The van der Waals surface area contributed by atoms with Crippen LogP contribution in [0.5, 0.6) is 5.75 Å². The van der Waals surface area contributed by atoms with Crippen molar-refractivity contribution >= 4 is 28.2 Å². The van der Waals surface area contributed by atoms with Crippen LogP contribution in [-0.4, -0.2) is 37.5 Å². The molecule has 0 spiro atoms. The van der Waals surface area contributed by atoms with Gasteiger partial charge in [0.05, 0.1) is 12.1 Å². The third kappa shape index (κ3) is 3.18. The van der Waals surface area contributed by atoms with E-state index in [2.05, 4.69) is 20.5 Å². The van der Waals surface area contributed by atoms with Crippen LogP contribution >= 0.6 is 11.6 Å². The van der Waals surface area contributed by atoms with Crippen molar-refractivity contribution in [2.75, 3.05) is 5.32 Å². The molecule has 6 nitrogen and oxygen atoms in total. The number of pyridine rings is 1. The van der Waals surface area contributed by atoms with Gasteiger partial charge in [-0.2, -0.15) is 0 Å². The molecule has 4 rings (SSSR count). The van der Waals surface area contributed by atoms with Gasteiger partial charge in [-0.3, -0.25) is 4.98 Å². The van der Waals surface area contributed by atoms with Gasteiger partial charge >= 0.3 is 0 Å². The quantitative estimate of drug-likeness (QED) is 0.650. The maximum absolute atomic E-state index is 10.3. The third-order valence-electron chi connectivity index (χ3n) is 4.85. The van der Waals surface area contributed by atoms with Crippen molar-refractivity contribution in [3.63, 3.8) is 0 Å². The molecule has 0 saturated heterocycles. The number of anilines is 1. The van der Waals surface area contributed by atoms with Crippen LogP contribution in [0, 0.1) is 0 Å². The molecule has 134 valence electrons. The first kappa shape index (κ1) is 17.0. The number of aliphatic hydroxyl groups excluding tert-OH is 1. The molecular formula is C19H19ClN4O2. The summed E-state index contributed by atoms with van der Waals surface area (Å²) in [5, 5.41) is 34.5. The number of phenols is 1. The standard InChI is InChI=1S/C19H19ClN4O2/c20-11-5-6-13(17(26)9-11)18-12-7-8-21-10-14(12)19(24-23-18)22-15-3-1-2-4-16(15)25/h5-10,15-16,25-26H,1-4H2,(H,22,24)/t15-,16-/m0/s1. The molecule has 1 aliphatic rings. The van der Waals surface area contributed by atoms with Crippen molar-refractivity contribution in [2.45, 2.75) is 37.8 Å². The van der Waals surface area contributed by atoms with Crippen molar-refractivity contribution < 1.29 is 10.2 Å². The van der Waals surface area contributed by atoms with E-state index in [9.17, 15) is 10.2 Å². The molecule has 2 heterocycles. The first-order chi connectivity index (χ1) is 12.6. The van der Waals surface area contributed by atoms with Gasteiger partial charge in [-0.15, -0.1) is 10.2 Å². The Morgan fingerprint density at radius 2 is 1.92 bits per heavy atom. The molecule has 0 amide bonds. The first-order valence-electron chi connectivity index (χ1n) is 8.67. The average Bonchev–Trinajstić information content (AvgIpc) is 2.64. The van der Waals surface area contributed by atoms with E-state index in [0.29, 0.717) is 22.1 Å². The van der Waals surface area contributed by atoms with Gasteiger partial charge in [0.15, 0.2) is 5.82 Å². The number of hydrogen-bond donors (Lipinski definition) is 3. The second-order valence-electron chi connectivity index (χ2n) is 6.58. The molecule has 1 aromatic carbocycles. The van der Waals surface area contributed by atoms with Gasteiger partial charge in [-0.25, -0.2) is 0 Å². The maximum Gasteiger partial charge on any atom is 0.158 e. The van der Waals surface area contributed by atoms with E-state index < -0.39 is 6.10 Å². The van der Waals surface area contributed by atoms with E-state index in [-0.39, 0.29) is 11.8 Å². The zero-order chi connectivity index (χ0) is 18.1. The Morgan fingerprint density at radius 3 is 2.73 bits per heavy atom. The summed E-state index contributed by atoms with van der Waals surface area (Å²) in [6.45, 7) is 0. The number of benzene rings is 1. The highest BCUT2D eigenvalue weighted by Gasteiger charge is 2.24. The highest BCUT2D eigenvalue weighted by molar-refractivity contribution is 6.30. The summed E-state index contributed by atoms with van der Waals surface area (Å²) in [4.78, 5) is 4.20. The SMILES string of the molecule is Oc1cc(Cl)ccc1-c1nnc(N[C@H]2CCCC[C@@H]2O)c2cnccc12. The van der Waals surface area contributed by atoms with Crippen LogP contribution in [0.25, 0.3) is 22.0 Å². The molecule has 0 radical (unpaired) electrons. The summed E-state index contributed by atoms with van der Waals surface area (Å²) in [6.07, 6.45) is 6.81. The fraction of sp³-hybridized carbons (Fsp3) is 0.316. The maximum atomic E-state index is 10.3. The van der Waals surface area contributed by atoms with E-state index in [1.165, 1.54) is 6.07 Å². The van der Waals surface area contributed by atoms with Gasteiger partial charge < -0.3 is 15.5 Å². The fourth-order valence-corrected chi connectivity index (χ4v) is 3.63. The van der Waals surface area contributed by atoms with E-state index in [1.54, 1.807) is 24.5 Å². The molecule has 26 heavy (non-hydrogen) atoms. The fourth-order valence-electron chi connectivity index (χ4n) is 3.46. The number of aromatic hydroxyl groups is 1. The molecular weight excluding hydrogens is 352 g/mol. The Bertz CT molecular complexity index is 950. The Kier molecular flexibility index (Phi) is 4.61. The highest BCUT2D eigenvalue weighted by Crippen LogP contribution is 2.36. The summed E-state index contributed by atoms with van der Waals surface area (Å²) in [7, 11) is 0. The summed E-state index contributed by atoms with van der Waals surface area (Å²) in [6, 6.07) is 6.71. The zero-order valence-electron chi connectivity index (χ0n) is 14.1. The Balaban J connectivity index is 1.78. The summed E-state index contributed by atoms with van der Waals surface area (Å²) in [5.41, 5.74) is 1.12. The molecule has 0 unspecified atom stereocenters. The van der Waals surface area contributed by atoms with E-state index in [4.69, 9.17) is 11.6 Å². The van der Waals surface area contributed by atoms with Crippen molar-refractivity contribution in [1.29, 1.82) is 0 Å². The van der Waals surface area contributed by atoms with Crippen molar-refractivity contribution in [2.24, 2.45) is 0 Å². The average molecular weight is 371 g/mol. The lowest BCUT2D eigenvalue weighted by Gasteiger charge is -2.29. The number of nitrogens with zero attached hydrogens (tertiary/aromatic N) is 3. The summed E-state index contributed by atoms with van der Waals surface area (Å²) in [5.74, 6) is 0.643. The van der Waals surface area contributed by atoms with Gasteiger partial charge in [-0.1, -0.05) is 24.4 Å². The van der Waals surface area contributed by atoms with Crippen LogP contribution in [0.1, 0.15) is 25.7 Å². The molecule has 3 aromatic rings. The number of rotatable bonds is 3. The van der Waals surface area contributed by atoms with Crippen LogP contribution in [0.15, 0.2) is 36.7 Å². The van der Waals surface area contributed by atoms with Gasteiger partial charge in [0.1, 0.15) is 11.4 Å². The number of aromatic nitrogens is 3. The summed E-state index contributed by atoms with van der Waals surface area (Å²) >= 11 is 5.93. The minimum absolute atomic E-state index is 0.0451. The summed E-state index contributed by atoms with van der Waals surface area (Å²) < 4.78 is 0. The first-order valence-corrected chi connectivity index (χ1v) is 9.05. The van der Waals surface area contributed by atoms with Crippen LogP contribution in [-0.2, 0) is 0 Å². The monoisotopic (exact) mass is 370 g/mol. The van der Waals surface area contributed by atoms with Crippen molar-refractivity contribution in [1.82, 2.24) is 15.2 Å². The predicted molar refractivity (Wildman–Crippen MR) is 101 cm³/mol. The molecule has 1 fully saturated rings. The van der Waals surface area contributed by atoms with E-state index >= 15 is 0 Å². The van der Waals surface area contributed by atoms with Crippen LogP contribution in [0.3, 0.4) is 0 Å². The van der Waals surface area contributed by atoms with Gasteiger partial charge in [0.25, 0.3) is 0 Å². The van der Waals surface area contributed by atoms with E-state index in [1.807, 2.05) is 6.07 Å². The molecule has 2 aromatic heterocycles. The van der Waals surface area contributed by atoms with Crippen LogP contribution in [0.4, 0.5) is 5.82 Å². The molecule has 7 heteroatoms. The molecule has 1 aliphatic carbocycles. The Morgan fingerprint density at radius 1 is 1.08 bits per heavy atom. The highest BCUT2D eigenvalue weighted by atomic mass is 35.5. The van der Waals surface area contributed by atoms with Crippen LogP contribution in [0.2, 0.25) is 5.02 Å². The molecule has 0 bridgehead atoms. The third-order valence-corrected chi connectivity index (χ3v) is 5.08. The lowest BCUT2D eigenvalue weighted by atomic mass is 9.92. The number of fused-ring (bicyclic) bond motifs is 1. The second-order valence-corrected chi connectivity index (χ2v) is 7.02. The van der Waals surface area contributed by atoms with E-state index in [0.717, 1.165) is 36.5 Å². The largest absolute Gasteiger partial charge is 0.507 e. The minimum Gasteiger partial charge on any atom is -0.507 e. The molecule has 1 saturated carbocycles. The second kappa shape index (κ2) is 7.05. The topological polar surface area (TPSA) is 91.2 Å². The Labute approximate surface area is 155 Å². The zero-order valence-corrected chi connectivity index (χ0v) is 14.8. The Hall–Kier alpha value is -2.44. The smallest absolute Gasteiger partial charge is 0.158 e. The lowest BCUT2D eigenvalue weighted by molar-refractivity contribution is 0.116.